The molecule has 0 saturated heterocycles. The quantitative estimate of drug-likeness (QED) is 0.668. The molecule has 0 unspecified atom stereocenters. The molecule has 4 nitrogen and oxygen atoms in total. The van der Waals surface area contributed by atoms with E-state index in [9.17, 15) is 4.79 Å². The normalized spacial score (nSPS) is 9.64. The molecular weight excluding hydrogens is 144 g/mol. The first-order valence-electron chi connectivity index (χ1n) is 3.40. The van der Waals surface area contributed by atoms with Gasteiger partial charge in [-0.2, -0.15) is 0 Å². The predicted octanol–water partition coefficient (Wildman–Crippen LogP) is 0.341. The van der Waals surface area contributed by atoms with Crippen molar-refractivity contribution in [2.75, 3.05) is 7.11 Å². The zero-order valence-electron chi connectivity index (χ0n) is 6.55. The van der Waals surface area contributed by atoms with Crippen LogP contribution in [0.25, 0.3) is 0 Å². The first-order valence-corrected chi connectivity index (χ1v) is 3.40. The van der Waals surface area contributed by atoms with Crippen LogP contribution in [0.15, 0.2) is 11.0 Å². The average Bonchev–Trinajstić information content (AvgIpc) is 2.04. The fourth-order valence-corrected chi connectivity index (χ4v) is 0.760. The van der Waals surface area contributed by atoms with Crippen LogP contribution < -0.4 is 10.3 Å². The Kier molecular flexibility index (Phi) is 2.25. The van der Waals surface area contributed by atoms with Crippen LogP contribution in [0, 0.1) is 0 Å². The minimum Gasteiger partial charge on any atom is -0.468 e. The Hall–Kier alpha value is -1.32. The topological polar surface area (TPSA) is 55.0 Å². The summed E-state index contributed by atoms with van der Waals surface area (Å²) in [5, 5.41) is 0. The lowest BCUT2D eigenvalue weighted by Crippen LogP contribution is -2.13. The first kappa shape index (κ1) is 7.78. The summed E-state index contributed by atoms with van der Waals surface area (Å²) in [6.45, 7) is 1.90. The number of aromatic nitrogens is 2. The maximum Gasteiger partial charge on any atom is 0.296 e. The number of nitrogens with one attached hydrogen (secondary N) is 1. The molecular formula is C7H10N2O2. The van der Waals surface area contributed by atoms with E-state index < -0.39 is 0 Å². The molecule has 0 aliphatic rings. The summed E-state index contributed by atoms with van der Waals surface area (Å²) < 4.78 is 4.73. The lowest BCUT2D eigenvalue weighted by molar-refractivity contribution is 0.377. The van der Waals surface area contributed by atoms with Crippen molar-refractivity contribution >= 4 is 0 Å². The molecule has 0 saturated carbocycles. The van der Waals surface area contributed by atoms with Crippen molar-refractivity contribution in [3.63, 3.8) is 0 Å². The van der Waals surface area contributed by atoms with Crippen molar-refractivity contribution < 1.29 is 4.74 Å². The zero-order valence-corrected chi connectivity index (χ0v) is 6.55. The van der Waals surface area contributed by atoms with Crippen LogP contribution in [0.3, 0.4) is 0 Å². The standard InChI is InChI=1S/C7H10N2O2/c1-3-5-4-8-7(11-2)9-6(5)10/h4H,3H2,1-2H3,(H,8,9,10). The third-order valence-electron chi connectivity index (χ3n) is 1.42. The van der Waals surface area contributed by atoms with Gasteiger partial charge in [0.25, 0.3) is 11.6 Å². The zero-order chi connectivity index (χ0) is 8.27. The van der Waals surface area contributed by atoms with E-state index >= 15 is 0 Å². The van der Waals surface area contributed by atoms with Gasteiger partial charge in [-0.05, 0) is 6.42 Å². The maximum atomic E-state index is 11.1. The van der Waals surface area contributed by atoms with E-state index in [0.29, 0.717) is 12.0 Å². The van der Waals surface area contributed by atoms with Gasteiger partial charge >= 0.3 is 0 Å². The van der Waals surface area contributed by atoms with Crippen LogP contribution >= 0.6 is 0 Å². The SMILES string of the molecule is CCc1cnc(OC)[nH]c1=O. The largest absolute Gasteiger partial charge is 0.468 e. The smallest absolute Gasteiger partial charge is 0.296 e. The Morgan fingerprint density at radius 1 is 1.73 bits per heavy atom. The summed E-state index contributed by atoms with van der Waals surface area (Å²) in [6.07, 6.45) is 2.21. The summed E-state index contributed by atoms with van der Waals surface area (Å²) in [5.41, 5.74) is 0.546. The van der Waals surface area contributed by atoms with Crippen molar-refractivity contribution in [3.05, 3.63) is 22.1 Å². The average molecular weight is 154 g/mol. The molecule has 1 aromatic rings. The monoisotopic (exact) mass is 154 g/mol. The van der Waals surface area contributed by atoms with Gasteiger partial charge in [-0.1, -0.05) is 6.92 Å². The van der Waals surface area contributed by atoms with E-state index in [1.807, 2.05) is 6.92 Å². The third kappa shape index (κ3) is 1.58. The van der Waals surface area contributed by atoms with Crippen LogP contribution in [0.2, 0.25) is 0 Å². The Bertz CT molecular complexity index is 293. The number of H-pyrrole nitrogens is 1. The van der Waals surface area contributed by atoms with Gasteiger partial charge < -0.3 is 4.74 Å². The van der Waals surface area contributed by atoms with Crippen LogP contribution in [0.5, 0.6) is 6.01 Å². The maximum absolute atomic E-state index is 11.1. The van der Waals surface area contributed by atoms with Crippen molar-refractivity contribution in [2.24, 2.45) is 0 Å². The van der Waals surface area contributed by atoms with Gasteiger partial charge in [0, 0.05) is 11.8 Å². The van der Waals surface area contributed by atoms with Gasteiger partial charge in [-0.25, -0.2) is 4.98 Å². The van der Waals surface area contributed by atoms with Crippen molar-refractivity contribution in [2.45, 2.75) is 13.3 Å². The number of rotatable bonds is 2. The molecule has 1 rings (SSSR count). The molecule has 0 radical (unpaired) electrons. The van der Waals surface area contributed by atoms with Crippen molar-refractivity contribution in [1.29, 1.82) is 0 Å². The predicted molar refractivity (Wildman–Crippen MR) is 40.8 cm³/mol. The first-order chi connectivity index (χ1) is 5.27. The van der Waals surface area contributed by atoms with Gasteiger partial charge in [0.1, 0.15) is 0 Å². The number of ether oxygens (including phenoxy) is 1. The molecule has 11 heavy (non-hydrogen) atoms. The fraction of sp³-hybridized carbons (Fsp3) is 0.429. The second kappa shape index (κ2) is 3.18. The number of aryl methyl sites for hydroxylation is 1. The highest BCUT2D eigenvalue weighted by atomic mass is 16.5. The molecule has 0 bridgehead atoms. The molecule has 0 fully saturated rings. The molecule has 0 aromatic carbocycles. The third-order valence-corrected chi connectivity index (χ3v) is 1.42. The van der Waals surface area contributed by atoms with Gasteiger partial charge in [-0.3, -0.25) is 9.78 Å². The minimum atomic E-state index is -0.126. The minimum absolute atomic E-state index is 0.126. The molecule has 0 spiro atoms. The van der Waals surface area contributed by atoms with Crippen LogP contribution in [0.4, 0.5) is 0 Å². The number of hydrogen-bond donors (Lipinski definition) is 1. The molecule has 0 aliphatic carbocycles. The summed E-state index contributed by atoms with van der Waals surface area (Å²) >= 11 is 0. The molecule has 1 N–H and O–H groups in total. The Morgan fingerprint density at radius 2 is 2.45 bits per heavy atom. The number of aromatic amines is 1. The van der Waals surface area contributed by atoms with E-state index in [2.05, 4.69) is 9.97 Å². The van der Waals surface area contributed by atoms with Crippen LogP contribution in [-0.2, 0) is 6.42 Å². The molecule has 0 amide bonds. The van der Waals surface area contributed by atoms with Gasteiger partial charge in [0.05, 0.1) is 7.11 Å². The molecule has 4 heteroatoms. The van der Waals surface area contributed by atoms with Crippen molar-refractivity contribution in [3.8, 4) is 6.01 Å². The van der Waals surface area contributed by atoms with E-state index in [1.54, 1.807) is 0 Å². The Labute approximate surface area is 64.2 Å². The highest BCUT2D eigenvalue weighted by Gasteiger charge is 1.98. The Balaban J connectivity index is 3.10. The second-order valence-corrected chi connectivity index (χ2v) is 2.10. The second-order valence-electron chi connectivity index (χ2n) is 2.10. The van der Waals surface area contributed by atoms with Crippen molar-refractivity contribution in [1.82, 2.24) is 9.97 Å². The van der Waals surface area contributed by atoms with E-state index in [1.165, 1.54) is 13.3 Å². The summed E-state index contributed by atoms with van der Waals surface area (Å²) in [6, 6.07) is 0.257. The molecule has 0 atom stereocenters. The van der Waals surface area contributed by atoms with Crippen LogP contribution in [-0.4, -0.2) is 17.1 Å². The van der Waals surface area contributed by atoms with Gasteiger partial charge in [0.15, 0.2) is 0 Å². The number of methoxy groups -OCH3 is 1. The molecule has 1 heterocycles. The molecule has 60 valence electrons. The number of hydrogen-bond acceptors (Lipinski definition) is 3. The van der Waals surface area contributed by atoms with E-state index in [0.717, 1.165) is 0 Å². The van der Waals surface area contributed by atoms with E-state index in [4.69, 9.17) is 4.74 Å². The fourth-order valence-electron chi connectivity index (χ4n) is 0.760. The van der Waals surface area contributed by atoms with E-state index in [-0.39, 0.29) is 11.6 Å². The highest BCUT2D eigenvalue weighted by Crippen LogP contribution is 1.95. The van der Waals surface area contributed by atoms with Gasteiger partial charge in [-0.15, -0.1) is 0 Å². The molecule has 0 aliphatic heterocycles. The summed E-state index contributed by atoms with van der Waals surface area (Å²) in [7, 11) is 1.46. The summed E-state index contributed by atoms with van der Waals surface area (Å²) in [5.74, 6) is 0. The molecule has 1 aromatic heterocycles. The number of nitrogens with zero attached hydrogens (tertiary/aromatic N) is 1. The Morgan fingerprint density at radius 3 is 2.91 bits per heavy atom. The summed E-state index contributed by atoms with van der Waals surface area (Å²) in [4.78, 5) is 17.4. The highest BCUT2D eigenvalue weighted by molar-refractivity contribution is 5.07. The lowest BCUT2D eigenvalue weighted by Gasteiger charge is -1.97. The lowest BCUT2D eigenvalue weighted by atomic mass is 10.3. The van der Waals surface area contributed by atoms with Gasteiger partial charge in [0.2, 0.25) is 0 Å². The van der Waals surface area contributed by atoms with Crippen LogP contribution in [0.1, 0.15) is 12.5 Å².